The molecule has 4 rings (SSSR count). The van der Waals surface area contributed by atoms with Crippen molar-refractivity contribution in [1.82, 2.24) is 0 Å². The molecule has 0 unspecified atom stereocenters. The lowest BCUT2D eigenvalue weighted by atomic mass is 9.93. The molecule has 0 saturated carbocycles. The highest BCUT2D eigenvalue weighted by Crippen LogP contribution is 2.33. The van der Waals surface area contributed by atoms with Crippen molar-refractivity contribution in [3.05, 3.63) is 72.0 Å². The van der Waals surface area contributed by atoms with Gasteiger partial charge in [0.1, 0.15) is 5.82 Å². The number of hydrogen-bond acceptors (Lipinski definition) is 0. The van der Waals surface area contributed by atoms with Crippen LogP contribution in [-0.4, -0.2) is 0 Å². The fraction of sp³-hybridized carbons (Fsp3) is 0.0526. The van der Waals surface area contributed by atoms with Gasteiger partial charge in [-0.3, -0.25) is 0 Å². The third-order valence-corrected chi connectivity index (χ3v) is 4.06. The molecule has 0 fully saturated rings. The molecule has 0 spiro atoms. The van der Waals surface area contributed by atoms with E-state index in [2.05, 4.69) is 49.4 Å². The second-order valence-electron chi connectivity index (χ2n) is 5.25. The molecular weight excluding hydrogens is 247 g/mol. The Morgan fingerprint density at radius 3 is 2.40 bits per heavy atom. The molecule has 0 aliphatic heterocycles. The quantitative estimate of drug-likeness (QED) is 0.285. The normalized spacial score (nSPS) is 11.5. The number of hydrogen-bond donors (Lipinski definition) is 0. The Kier molecular flexibility index (Phi) is 2.31. The molecule has 0 aliphatic rings. The summed E-state index contributed by atoms with van der Waals surface area (Å²) in [7, 11) is 0. The van der Waals surface area contributed by atoms with Crippen LogP contribution in [0.2, 0.25) is 0 Å². The smallest absolute Gasteiger partial charge is 0.123 e. The SMILES string of the molecule is Cc1c2ccc(F)cc2cc2ccc3ccccc3c12. The largest absolute Gasteiger partial charge is 0.207 e. The lowest BCUT2D eigenvalue weighted by molar-refractivity contribution is 0.630. The van der Waals surface area contributed by atoms with Crippen molar-refractivity contribution in [3.63, 3.8) is 0 Å². The van der Waals surface area contributed by atoms with E-state index < -0.39 is 0 Å². The van der Waals surface area contributed by atoms with Gasteiger partial charge in [0.25, 0.3) is 0 Å². The molecule has 96 valence electrons. The molecule has 4 aromatic rings. The lowest BCUT2D eigenvalue weighted by Gasteiger charge is -2.11. The first-order chi connectivity index (χ1) is 9.74. The minimum absolute atomic E-state index is 0.183. The van der Waals surface area contributed by atoms with Crippen molar-refractivity contribution < 1.29 is 4.39 Å². The number of halogens is 1. The van der Waals surface area contributed by atoms with Gasteiger partial charge in [0, 0.05) is 0 Å². The molecular formula is C19H13F. The van der Waals surface area contributed by atoms with Gasteiger partial charge in [-0.15, -0.1) is 0 Å². The average Bonchev–Trinajstić information content (AvgIpc) is 2.46. The minimum Gasteiger partial charge on any atom is -0.207 e. The Morgan fingerprint density at radius 1 is 0.700 bits per heavy atom. The molecule has 20 heavy (non-hydrogen) atoms. The van der Waals surface area contributed by atoms with E-state index >= 15 is 0 Å². The van der Waals surface area contributed by atoms with Crippen LogP contribution in [0.1, 0.15) is 5.56 Å². The Balaban J connectivity index is 2.29. The zero-order valence-corrected chi connectivity index (χ0v) is 11.2. The van der Waals surface area contributed by atoms with Crippen molar-refractivity contribution in [2.24, 2.45) is 0 Å². The number of rotatable bonds is 0. The summed E-state index contributed by atoms with van der Waals surface area (Å²) in [6.45, 7) is 2.12. The molecule has 4 aromatic carbocycles. The summed E-state index contributed by atoms with van der Waals surface area (Å²) in [6.07, 6.45) is 0. The molecule has 0 saturated heterocycles. The molecule has 0 atom stereocenters. The highest BCUT2D eigenvalue weighted by Gasteiger charge is 2.08. The topological polar surface area (TPSA) is 0 Å². The van der Waals surface area contributed by atoms with Gasteiger partial charge in [-0.25, -0.2) is 4.39 Å². The van der Waals surface area contributed by atoms with Gasteiger partial charge in [0.15, 0.2) is 0 Å². The summed E-state index contributed by atoms with van der Waals surface area (Å²) in [6, 6.07) is 19.7. The first kappa shape index (κ1) is 11.4. The predicted molar refractivity (Wildman–Crippen MR) is 83.7 cm³/mol. The molecule has 0 heterocycles. The van der Waals surface area contributed by atoms with Gasteiger partial charge >= 0.3 is 0 Å². The van der Waals surface area contributed by atoms with Crippen LogP contribution in [0.15, 0.2) is 60.7 Å². The van der Waals surface area contributed by atoms with Gasteiger partial charge in [-0.05, 0) is 63.0 Å². The standard InChI is InChI=1S/C19H13F/c1-12-17-9-8-16(20)11-15(17)10-14-7-6-13-4-2-3-5-18(13)19(12)14/h2-11H,1H3. The van der Waals surface area contributed by atoms with E-state index in [0.717, 1.165) is 10.8 Å². The van der Waals surface area contributed by atoms with Crippen molar-refractivity contribution in [2.45, 2.75) is 6.92 Å². The van der Waals surface area contributed by atoms with Gasteiger partial charge in [-0.1, -0.05) is 42.5 Å². The van der Waals surface area contributed by atoms with Crippen molar-refractivity contribution >= 4 is 32.3 Å². The van der Waals surface area contributed by atoms with E-state index in [-0.39, 0.29) is 5.82 Å². The van der Waals surface area contributed by atoms with Gasteiger partial charge in [0.05, 0.1) is 0 Å². The summed E-state index contributed by atoms with van der Waals surface area (Å²) in [5.41, 5.74) is 1.22. The van der Waals surface area contributed by atoms with E-state index in [1.807, 2.05) is 6.07 Å². The fourth-order valence-corrected chi connectivity index (χ4v) is 3.12. The van der Waals surface area contributed by atoms with Gasteiger partial charge < -0.3 is 0 Å². The van der Waals surface area contributed by atoms with Crippen LogP contribution in [0.4, 0.5) is 4.39 Å². The van der Waals surface area contributed by atoms with E-state index in [4.69, 9.17) is 0 Å². The van der Waals surface area contributed by atoms with Crippen LogP contribution in [0.25, 0.3) is 32.3 Å². The van der Waals surface area contributed by atoms with Crippen molar-refractivity contribution in [2.75, 3.05) is 0 Å². The monoisotopic (exact) mass is 260 g/mol. The van der Waals surface area contributed by atoms with E-state index in [1.54, 1.807) is 6.07 Å². The van der Waals surface area contributed by atoms with E-state index in [1.165, 1.54) is 33.2 Å². The van der Waals surface area contributed by atoms with Crippen LogP contribution in [0, 0.1) is 12.7 Å². The second-order valence-corrected chi connectivity index (χ2v) is 5.25. The van der Waals surface area contributed by atoms with Gasteiger partial charge in [-0.2, -0.15) is 0 Å². The van der Waals surface area contributed by atoms with Crippen LogP contribution in [-0.2, 0) is 0 Å². The van der Waals surface area contributed by atoms with Crippen molar-refractivity contribution in [3.8, 4) is 0 Å². The lowest BCUT2D eigenvalue weighted by Crippen LogP contribution is -1.86. The Bertz CT molecular complexity index is 967. The minimum atomic E-state index is -0.183. The summed E-state index contributed by atoms with van der Waals surface area (Å²) >= 11 is 0. The fourth-order valence-electron chi connectivity index (χ4n) is 3.12. The Hall–Kier alpha value is -2.41. The molecule has 0 nitrogen and oxygen atoms in total. The first-order valence-corrected chi connectivity index (χ1v) is 6.74. The maximum atomic E-state index is 13.4. The van der Waals surface area contributed by atoms with Crippen LogP contribution < -0.4 is 0 Å². The zero-order chi connectivity index (χ0) is 13.7. The Labute approximate surface area is 116 Å². The number of fused-ring (bicyclic) bond motifs is 4. The maximum Gasteiger partial charge on any atom is 0.123 e. The van der Waals surface area contributed by atoms with Crippen LogP contribution >= 0.6 is 0 Å². The summed E-state index contributed by atoms with van der Waals surface area (Å²) in [5, 5.41) is 7.01. The third-order valence-electron chi connectivity index (χ3n) is 4.06. The first-order valence-electron chi connectivity index (χ1n) is 6.74. The zero-order valence-electron chi connectivity index (χ0n) is 11.2. The number of benzene rings is 4. The summed E-state index contributed by atoms with van der Waals surface area (Å²) < 4.78 is 13.4. The highest BCUT2D eigenvalue weighted by molar-refractivity contribution is 6.14. The average molecular weight is 260 g/mol. The summed E-state index contributed by atoms with van der Waals surface area (Å²) in [5.74, 6) is -0.183. The summed E-state index contributed by atoms with van der Waals surface area (Å²) in [4.78, 5) is 0. The van der Waals surface area contributed by atoms with Gasteiger partial charge in [0.2, 0.25) is 0 Å². The molecule has 1 heteroatoms. The molecule has 0 aromatic heterocycles. The van der Waals surface area contributed by atoms with E-state index in [0.29, 0.717) is 0 Å². The molecule has 0 amide bonds. The van der Waals surface area contributed by atoms with Crippen LogP contribution in [0.5, 0.6) is 0 Å². The third kappa shape index (κ3) is 1.53. The second kappa shape index (κ2) is 4.04. The van der Waals surface area contributed by atoms with Crippen molar-refractivity contribution in [1.29, 1.82) is 0 Å². The molecule has 0 radical (unpaired) electrons. The van der Waals surface area contributed by atoms with Crippen LogP contribution in [0.3, 0.4) is 0 Å². The molecule has 0 N–H and O–H groups in total. The Morgan fingerprint density at radius 2 is 1.50 bits per heavy atom. The maximum absolute atomic E-state index is 13.4. The molecule has 0 bridgehead atoms. The number of aryl methyl sites for hydroxylation is 1. The highest BCUT2D eigenvalue weighted by atomic mass is 19.1. The van der Waals surface area contributed by atoms with E-state index in [9.17, 15) is 4.39 Å². The molecule has 0 aliphatic carbocycles. The predicted octanol–water partition coefficient (Wildman–Crippen LogP) is 5.59.